The van der Waals surface area contributed by atoms with E-state index in [0.717, 1.165) is 6.07 Å². The van der Waals surface area contributed by atoms with Gasteiger partial charge in [-0.05, 0) is 42.5 Å². The van der Waals surface area contributed by atoms with Crippen molar-refractivity contribution in [3.8, 4) is 0 Å². The van der Waals surface area contributed by atoms with Crippen LogP contribution in [-0.4, -0.2) is 62.8 Å². The summed E-state index contributed by atoms with van der Waals surface area (Å²) < 4.78 is 35.7. The Kier molecular flexibility index (Phi) is 7.26. The number of carbonyl (C=O) groups is 2. The Morgan fingerprint density at radius 3 is 2.29 bits per heavy atom. The zero-order valence-corrected chi connectivity index (χ0v) is 18.1. The van der Waals surface area contributed by atoms with Crippen LogP contribution in [0, 0.1) is 5.82 Å². The number of primary sulfonamides is 1. The zero-order chi connectivity index (χ0) is 22.6. The topological polar surface area (TPSA) is 113 Å². The van der Waals surface area contributed by atoms with Crippen LogP contribution < -0.4 is 10.5 Å². The van der Waals surface area contributed by atoms with E-state index in [-0.39, 0.29) is 33.7 Å². The largest absolute Gasteiger partial charge is 0.336 e. The molecule has 1 fully saturated rings. The van der Waals surface area contributed by atoms with Gasteiger partial charge in [0, 0.05) is 44.8 Å². The number of anilines is 1. The second-order valence-electron chi connectivity index (χ2n) is 7.13. The monoisotopic (exact) mass is 468 g/mol. The molecule has 3 N–H and O–H groups in total. The van der Waals surface area contributed by atoms with E-state index in [0.29, 0.717) is 38.4 Å². The minimum atomic E-state index is -3.78. The highest BCUT2D eigenvalue weighted by molar-refractivity contribution is 7.89. The maximum Gasteiger partial charge on any atom is 0.255 e. The number of piperazine rings is 1. The predicted octanol–water partition coefficient (Wildman–Crippen LogP) is 1.91. The number of nitrogens with one attached hydrogen (secondary N) is 1. The Hall–Kier alpha value is -2.53. The molecule has 2 aromatic carbocycles. The van der Waals surface area contributed by atoms with Crippen LogP contribution >= 0.6 is 11.6 Å². The number of rotatable bonds is 6. The molecule has 2 amide bonds. The van der Waals surface area contributed by atoms with E-state index in [9.17, 15) is 22.4 Å². The minimum absolute atomic E-state index is 0.0279. The molecule has 1 saturated heterocycles. The van der Waals surface area contributed by atoms with Crippen molar-refractivity contribution in [2.45, 2.75) is 11.3 Å². The Morgan fingerprint density at radius 2 is 1.71 bits per heavy atom. The molecule has 166 valence electrons. The molecule has 1 aliphatic heterocycles. The van der Waals surface area contributed by atoms with Gasteiger partial charge in [0.25, 0.3) is 5.91 Å². The van der Waals surface area contributed by atoms with Gasteiger partial charge in [-0.15, -0.1) is 0 Å². The summed E-state index contributed by atoms with van der Waals surface area (Å²) in [5.74, 6) is -0.949. The average Bonchev–Trinajstić information content (AvgIpc) is 2.72. The lowest BCUT2D eigenvalue weighted by Crippen LogP contribution is -2.49. The number of amides is 2. The van der Waals surface area contributed by atoms with Gasteiger partial charge in [-0.25, -0.2) is 17.9 Å². The molecular formula is C20H22ClFN4O4S. The molecule has 11 heteroatoms. The van der Waals surface area contributed by atoms with Crippen LogP contribution in [0.4, 0.5) is 10.1 Å². The number of nitrogens with zero attached hydrogens (tertiary/aromatic N) is 2. The molecule has 0 spiro atoms. The van der Waals surface area contributed by atoms with Crippen molar-refractivity contribution in [3.05, 3.63) is 58.9 Å². The van der Waals surface area contributed by atoms with Gasteiger partial charge < -0.3 is 10.2 Å². The van der Waals surface area contributed by atoms with E-state index in [4.69, 9.17) is 16.7 Å². The standard InChI is InChI=1S/C20H22ClFN4O4S/c21-18-13-14(22)1-6-17(18)20(28)26-11-9-25(10-12-26)8-7-19(27)24-15-2-4-16(5-3-15)31(23,29)30/h1-6,13H,7-12H2,(H,24,27)(H2,23,29,30). The van der Waals surface area contributed by atoms with E-state index in [1.165, 1.54) is 36.4 Å². The van der Waals surface area contributed by atoms with Crippen LogP contribution in [0.2, 0.25) is 5.02 Å². The van der Waals surface area contributed by atoms with Gasteiger partial charge in [0.15, 0.2) is 0 Å². The highest BCUT2D eigenvalue weighted by Crippen LogP contribution is 2.20. The van der Waals surface area contributed by atoms with Crippen LogP contribution in [0.25, 0.3) is 0 Å². The number of carbonyl (C=O) groups excluding carboxylic acids is 2. The molecule has 0 aliphatic carbocycles. The molecule has 0 saturated carbocycles. The van der Waals surface area contributed by atoms with Gasteiger partial charge in [-0.1, -0.05) is 11.6 Å². The first-order chi connectivity index (χ1) is 14.6. The van der Waals surface area contributed by atoms with Crippen molar-refractivity contribution < 1.29 is 22.4 Å². The molecule has 0 unspecified atom stereocenters. The van der Waals surface area contributed by atoms with E-state index >= 15 is 0 Å². The van der Waals surface area contributed by atoms with Gasteiger partial charge in [0.1, 0.15) is 5.82 Å². The summed E-state index contributed by atoms with van der Waals surface area (Å²) in [5.41, 5.74) is 0.744. The first kappa shape index (κ1) is 23.1. The Balaban J connectivity index is 1.44. The van der Waals surface area contributed by atoms with E-state index < -0.39 is 15.8 Å². The fourth-order valence-corrected chi connectivity index (χ4v) is 3.98. The second-order valence-corrected chi connectivity index (χ2v) is 9.09. The molecule has 8 nitrogen and oxygen atoms in total. The summed E-state index contributed by atoms with van der Waals surface area (Å²) in [7, 11) is -3.78. The summed E-state index contributed by atoms with van der Waals surface area (Å²) in [6, 6.07) is 9.31. The van der Waals surface area contributed by atoms with Crippen LogP contribution in [-0.2, 0) is 14.8 Å². The maximum atomic E-state index is 13.2. The summed E-state index contributed by atoms with van der Waals surface area (Å²) >= 11 is 5.98. The van der Waals surface area contributed by atoms with Crippen LogP contribution in [0.15, 0.2) is 47.4 Å². The van der Waals surface area contributed by atoms with E-state index in [2.05, 4.69) is 10.2 Å². The van der Waals surface area contributed by atoms with Gasteiger partial charge in [0.05, 0.1) is 15.5 Å². The number of halogens is 2. The van der Waals surface area contributed by atoms with Crippen molar-refractivity contribution in [2.24, 2.45) is 5.14 Å². The van der Waals surface area contributed by atoms with Gasteiger partial charge in [0.2, 0.25) is 15.9 Å². The number of hydrogen-bond donors (Lipinski definition) is 2. The minimum Gasteiger partial charge on any atom is -0.336 e. The molecule has 3 rings (SSSR count). The maximum absolute atomic E-state index is 13.2. The van der Waals surface area contributed by atoms with Crippen molar-refractivity contribution in [2.75, 3.05) is 38.0 Å². The third-order valence-electron chi connectivity index (χ3n) is 4.94. The third-order valence-corrected chi connectivity index (χ3v) is 6.18. The van der Waals surface area contributed by atoms with E-state index in [1.807, 2.05) is 0 Å². The van der Waals surface area contributed by atoms with Crippen LogP contribution in [0.1, 0.15) is 16.8 Å². The number of nitrogens with two attached hydrogens (primary N) is 1. The third kappa shape index (κ3) is 6.23. The molecule has 0 bridgehead atoms. The molecule has 0 atom stereocenters. The molecule has 1 heterocycles. The first-order valence-corrected chi connectivity index (χ1v) is 11.5. The van der Waals surface area contributed by atoms with E-state index in [1.54, 1.807) is 4.90 Å². The molecule has 1 aliphatic rings. The molecule has 0 radical (unpaired) electrons. The lowest BCUT2D eigenvalue weighted by atomic mass is 10.1. The van der Waals surface area contributed by atoms with Crippen LogP contribution in [0.5, 0.6) is 0 Å². The smallest absolute Gasteiger partial charge is 0.255 e. The molecule has 2 aromatic rings. The fraction of sp³-hybridized carbons (Fsp3) is 0.300. The van der Waals surface area contributed by atoms with Gasteiger partial charge in [-0.2, -0.15) is 0 Å². The summed E-state index contributed by atoms with van der Waals surface area (Å²) in [5, 5.41) is 7.84. The summed E-state index contributed by atoms with van der Waals surface area (Å²) in [6.07, 6.45) is 0.245. The highest BCUT2D eigenvalue weighted by atomic mass is 35.5. The molecule has 0 aromatic heterocycles. The Morgan fingerprint density at radius 1 is 1.06 bits per heavy atom. The molecule has 31 heavy (non-hydrogen) atoms. The number of hydrogen-bond acceptors (Lipinski definition) is 5. The predicted molar refractivity (Wildman–Crippen MR) is 115 cm³/mol. The van der Waals surface area contributed by atoms with Crippen molar-refractivity contribution in [3.63, 3.8) is 0 Å². The average molecular weight is 469 g/mol. The van der Waals surface area contributed by atoms with Crippen LogP contribution in [0.3, 0.4) is 0 Å². The Labute approximate surface area is 184 Å². The van der Waals surface area contributed by atoms with Crippen molar-refractivity contribution in [1.29, 1.82) is 0 Å². The zero-order valence-electron chi connectivity index (χ0n) is 16.6. The summed E-state index contributed by atoms with van der Waals surface area (Å²) in [6.45, 7) is 2.66. The van der Waals surface area contributed by atoms with Gasteiger partial charge in [-0.3, -0.25) is 14.5 Å². The highest BCUT2D eigenvalue weighted by Gasteiger charge is 2.24. The number of sulfonamides is 1. The lowest BCUT2D eigenvalue weighted by molar-refractivity contribution is -0.116. The quantitative estimate of drug-likeness (QED) is 0.672. The normalized spacial score (nSPS) is 15.0. The molecular weight excluding hydrogens is 447 g/mol. The second kappa shape index (κ2) is 9.73. The SMILES string of the molecule is NS(=O)(=O)c1ccc(NC(=O)CCN2CCN(C(=O)c3ccc(F)cc3Cl)CC2)cc1. The van der Waals surface area contributed by atoms with Gasteiger partial charge >= 0.3 is 0 Å². The van der Waals surface area contributed by atoms with Crippen molar-refractivity contribution >= 4 is 39.1 Å². The first-order valence-electron chi connectivity index (χ1n) is 9.53. The summed E-state index contributed by atoms with van der Waals surface area (Å²) in [4.78, 5) is 28.5. The number of benzene rings is 2. The Bertz CT molecular complexity index is 1070. The van der Waals surface area contributed by atoms with Crippen molar-refractivity contribution in [1.82, 2.24) is 9.80 Å². The fourth-order valence-electron chi connectivity index (χ4n) is 3.22. The lowest BCUT2D eigenvalue weighted by Gasteiger charge is -2.34.